The summed E-state index contributed by atoms with van der Waals surface area (Å²) < 4.78 is 2.01. The van der Waals surface area contributed by atoms with Gasteiger partial charge in [0.2, 0.25) is 0 Å². The van der Waals surface area contributed by atoms with Crippen LogP contribution >= 0.6 is 0 Å². The molecule has 0 atom stereocenters. The van der Waals surface area contributed by atoms with E-state index >= 15 is 0 Å². The van der Waals surface area contributed by atoms with Crippen LogP contribution in [0.3, 0.4) is 0 Å². The van der Waals surface area contributed by atoms with Crippen LogP contribution in [0.1, 0.15) is 32.3 Å². The normalized spacial score (nSPS) is 9.64. The third kappa shape index (κ3) is 2.87. The third-order valence-corrected chi connectivity index (χ3v) is 2.04. The fourth-order valence-corrected chi connectivity index (χ4v) is 1.03. The summed E-state index contributed by atoms with van der Waals surface area (Å²) in [6, 6.07) is 4.07. The molecule has 0 aliphatic rings. The second-order valence-electron chi connectivity index (χ2n) is 3.40. The van der Waals surface area contributed by atoms with Crippen LogP contribution in [0.5, 0.6) is 0 Å². The molecule has 2 nitrogen and oxygen atoms in total. The van der Waals surface area contributed by atoms with E-state index in [4.69, 9.17) is 0 Å². The van der Waals surface area contributed by atoms with Crippen molar-refractivity contribution < 1.29 is 0 Å². The fourth-order valence-electron chi connectivity index (χ4n) is 1.03. The van der Waals surface area contributed by atoms with E-state index in [0.29, 0.717) is 0 Å². The van der Waals surface area contributed by atoms with Crippen LogP contribution in [0.25, 0.3) is 5.65 Å². The van der Waals surface area contributed by atoms with E-state index in [0.717, 1.165) is 5.65 Å². The molecule has 2 heteroatoms. The Morgan fingerprint density at radius 1 is 1.21 bits per heavy atom. The summed E-state index contributed by atoms with van der Waals surface area (Å²) in [5.41, 5.74) is 2.26. The molecule has 0 aromatic carbocycles. The van der Waals surface area contributed by atoms with E-state index < -0.39 is 0 Å². The number of aryl methyl sites for hydroxylation is 1. The highest BCUT2D eigenvalue weighted by molar-refractivity contribution is 5.38. The number of rotatable bonds is 1. The first-order valence-corrected chi connectivity index (χ1v) is 5.17. The van der Waals surface area contributed by atoms with E-state index in [2.05, 4.69) is 38.0 Å². The molecule has 0 saturated heterocycles. The summed E-state index contributed by atoms with van der Waals surface area (Å²) in [5.74, 6) is 0. The van der Waals surface area contributed by atoms with Gasteiger partial charge in [-0.25, -0.2) is 4.98 Å². The molecule has 0 aliphatic heterocycles. The molecule has 0 amide bonds. The zero-order valence-electron chi connectivity index (χ0n) is 9.20. The number of hydrogen-bond acceptors (Lipinski definition) is 1. The Hall–Kier alpha value is -1.31. The van der Waals surface area contributed by atoms with Gasteiger partial charge in [0.05, 0.1) is 0 Å². The molecule has 14 heavy (non-hydrogen) atoms. The molecule has 2 aromatic rings. The third-order valence-electron chi connectivity index (χ3n) is 2.04. The maximum absolute atomic E-state index is 4.12. The first kappa shape index (κ1) is 10.8. The van der Waals surface area contributed by atoms with Crippen molar-refractivity contribution in [3.8, 4) is 0 Å². The van der Waals surface area contributed by atoms with Crippen LogP contribution in [-0.4, -0.2) is 9.38 Å². The second kappa shape index (κ2) is 5.43. The highest BCUT2D eigenvalue weighted by Crippen LogP contribution is 2.02. The number of unbranched alkanes of at least 4 members (excludes halogenated alkanes) is 1. The average Bonchev–Trinajstić information content (AvgIpc) is 2.65. The predicted molar refractivity (Wildman–Crippen MR) is 60.5 cm³/mol. The Morgan fingerprint density at radius 3 is 2.57 bits per heavy atom. The smallest absolute Gasteiger partial charge is 0.136 e. The predicted octanol–water partition coefficient (Wildman–Crippen LogP) is 3.45. The zero-order chi connectivity index (χ0) is 10.4. The van der Waals surface area contributed by atoms with Crippen molar-refractivity contribution in [3.05, 3.63) is 36.3 Å². The number of aromatic nitrogens is 2. The lowest BCUT2D eigenvalue weighted by Crippen LogP contribution is -1.82. The summed E-state index contributed by atoms with van der Waals surface area (Å²) >= 11 is 0. The molecule has 0 bridgehead atoms. The molecule has 76 valence electrons. The lowest BCUT2D eigenvalue weighted by atomic mass is 10.3. The van der Waals surface area contributed by atoms with Crippen LogP contribution in [-0.2, 0) is 0 Å². The topological polar surface area (TPSA) is 17.3 Å². The van der Waals surface area contributed by atoms with Gasteiger partial charge in [-0.05, 0) is 18.6 Å². The Morgan fingerprint density at radius 2 is 1.93 bits per heavy atom. The van der Waals surface area contributed by atoms with Crippen LogP contribution in [0.4, 0.5) is 0 Å². The van der Waals surface area contributed by atoms with E-state index in [1.54, 1.807) is 6.20 Å². The fraction of sp³-hybridized carbons (Fsp3) is 0.417. The van der Waals surface area contributed by atoms with Gasteiger partial charge in [-0.15, -0.1) is 0 Å². The Labute approximate surface area is 85.6 Å². The van der Waals surface area contributed by atoms with E-state index in [1.807, 2.05) is 16.7 Å². The molecule has 0 saturated carbocycles. The van der Waals surface area contributed by atoms with Crippen LogP contribution in [0.15, 0.2) is 30.7 Å². The highest BCUT2D eigenvalue weighted by atomic mass is 15.0. The summed E-state index contributed by atoms with van der Waals surface area (Å²) in [6.07, 6.45) is 8.44. The summed E-state index contributed by atoms with van der Waals surface area (Å²) in [5, 5.41) is 0. The first-order valence-electron chi connectivity index (χ1n) is 5.17. The lowest BCUT2D eigenvalue weighted by Gasteiger charge is -1.93. The van der Waals surface area contributed by atoms with Crippen molar-refractivity contribution in [3.63, 3.8) is 0 Å². The molecule has 0 fully saturated rings. The number of fused-ring (bicyclic) bond motifs is 1. The van der Waals surface area contributed by atoms with Crippen molar-refractivity contribution in [2.24, 2.45) is 0 Å². The van der Waals surface area contributed by atoms with Gasteiger partial charge >= 0.3 is 0 Å². The van der Waals surface area contributed by atoms with Gasteiger partial charge in [-0.3, -0.25) is 0 Å². The maximum Gasteiger partial charge on any atom is 0.136 e. The number of imidazole rings is 1. The Bertz CT molecular complexity index is 374. The molecule has 2 rings (SSSR count). The maximum atomic E-state index is 4.12. The van der Waals surface area contributed by atoms with Gasteiger partial charge < -0.3 is 4.40 Å². The van der Waals surface area contributed by atoms with Crippen molar-refractivity contribution >= 4 is 5.65 Å². The van der Waals surface area contributed by atoms with Crippen molar-refractivity contribution in [1.29, 1.82) is 0 Å². The quantitative estimate of drug-likeness (QED) is 0.673. The van der Waals surface area contributed by atoms with Gasteiger partial charge in [-0.1, -0.05) is 32.8 Å². The minimum Gasteiger partial charge on any atom is -0.307 e. The number of pyridine rings is 1. The van der Waals surface area contributed by atoms with Crippen molar-refractivity contribution in [2.45, 2.75) is 33.6 Å². The molecule has 0 unspecified atom stereocenters. The first-order chi connectivity index (χ1) is 6.77. The van der Waals surface area contributed by atoms with Crippen molar-refractivity contribution in [1.82, 2.24) is 9.38 Å². The highest BCUT2D eigenvalue weighted by Gasteiger charge is 1.89. The van der Waals surface area contributed by atoms with Gasteiger partial charge in [0, 0.05) is 18.6 Å². The monoisotopic (exact) mass is 190 g/mol. The molecule has 2 heterocycles. The van der Waals surface area contributed by atoms with Crippen molar-refractivity contribution in [2.75, 3.05) is 0 Å². The van der Waals surface area contributed by atoms with Gasteiger partial charge in [-0.2, -0.15) is 0 Å². The Kier molecular flexibility index (Phi) is 4.17. The zero-order valence-corrected chi connectivity index (χ0v) is 9.20. The molecule has 2 aromatic heterocycles. The minimum atomic E-state index is 1.01. The van der Waals surface area contributed by atoms with Crippen LogP contribution in [0, 0.1) is 6.92 Å². The SMILES string of the molecule is CCCC.Cc1ccc2nccn2c1. The lowest BCUT2D eigenvalue weighted by molar-refractivity contribution is 0.886. The second-order valence-corrected chi connectivity index (χ2v) is 3.40. The van der Waals surface area contributed by atoms with E-state index in [1.165, 1.54) is 18.4 Å². The average molecular weight is 190 g/mol. The standard InChI is InChI=1S/C8H8N2.C4H10/c1-7-2-3-8-9-4-5-10(8)6-7;1-3-4-2/h2-6H,1H3;3-4H2,1-2H3. The summed E-state index contributed by atoms with van der Waals surface area (Å²) in [7, 11) is 0. The Balaban J connectivity index is 0.000000213. The van der Waals surface area contributed by atoms with Crippen LogP contribution < -0.4 is 0 Å². The number of nitrogens with zero attached hydrogens (tertiary/aromatic N) is 2. The van der Waals surface area contributed by atoms with E-state index in [9.17, 15) is 0 Å². The van der Waals surface area contributed by atoms with Gasteiger partial charge in [0.25, 0.3) is 0 Å². The largest absolute Gasteiger partial charge is 0.307 e. The molecular formula is C12H18N2. The molecule has 0 radical (unpaired) electrons. The van der Waals surface area contributed by atoms with Crippen LogP contribution in [0.2, 0.25) is 0 Å². The molecule has 0 spiro atoms. The summed E-state index contributed by atoms with van der Waals surface area (Å²) in [6.45, 7) is 6.43. The molecule has 0 aliphatic carbocycles. The minimum absolute atomic E-state index is 1.01. The van der Waals surface area contributed by atoms with E-state index in [-0.39, 0.29) is 0 Å². The number of hydrogen-bond donors (Lipinski definition) is 0. The molecular weight excluding hydrogens is 172 g/mol. The summed E-state index contributed by atoms with van der Waals surface area (Å²) in [4.78, 5) is 4.12. The van der Waals surface area contributed by atoms with Gasteiger partial charge in [0.15, 0.2) is 0 Å². The van der Waals surface area contributed by atoms with Gasteiger partial charge in [0.1, 0.15) is 5.65 Å². The molecule has 0 N–H and O–H groups in total.